The van der Waals surface area contributed by atoms with Crippen LogP contribution in [0.1, 0.15) is 34.3 Å². The molecule has 0 aromatic heterocycles. The number of carbonyl (C=O) groups is 1. The number of ether oxygens (including phenoxy) is 7. The Morgan fingerprint density at radius 2 is 1.56 bits per heavy atom. The summed E-state index contributed by atoms with van der Waals surface area (Å²) in [6.45, 7) is -0.00803. The molecule has 272 valence electrons. The van der Waals surface area contributed by atoms with E-state index in [0.29, 0.717) is 51.0 Å². The summed E-state index contributed by atoms with van der Waals surface area (Å²) < 4.78 is 71.4. The Kier molecular flexibility index (Phi) is 9.23. The average molecular weight is 775 g/mol. The summed E-state index contributed by atoms with van der Waals surface area (Å²) in [5, 5.41) is 11.0. The SMILES string of the molecule is COc1cc([C@@H]2c3cc4c(cc3[C@H](OCc3ccc(OS(=O)(=O)c5ccc(Cl)c([N+](=O)[O-])c5)cc3)[C@H]3COC(=O)[C@]23Cl)OCO4)cc(OC)c1OC. The van der Waals surface area contributed by atoms with Crippen LogP contribution in [-0.4, -0.2) is 58.9 Å². The first-order chi connectivity index (χ1) is 24.9. The molecule has 0 bridgehead atoms. The highest BCUT2D eigenvalue weighted by atomic mass is 35.5. The fourth-order valence-electron chi connectivity index (χ4n) is 6.79. The van der Waals surface area contributed by atoms with E-state index in [-0.39, 0.29) is 30.8 Å². The van der Waals surface area contributed by atoms with Gasteiger partial charge in [0.05, 0.1) is 51.5 Å². The molecule has 0 N–H and O–H groups in total. The van der Waals surface area contributed by atoms with Crippen LogP contribution in [0.5, 0.6) is 34.5 Å². The number of alkyl halides is 1. The normalized spacial score (nSPS) is 21.5. The highest BCUT2D eigenvalue weighted by molar-refractivity contribution is 7.87. The third-order valence-electron chi connectivity index (χ3n) is 9.21. The van der Waals surface area contributed by atoms with Crippen molar-refractivity contribution in [3.63, 3.8) is 0 Å². The zero-order valence-corrected chi connectivity index (χ0v) is 30.0. The molecule has 0 amide bonds. The molecule has 1 aliphatic carbocycles. The monoisotopic (exact) mass is 773 g/mol. The van der Waals surface area contributed by atoms with E-state index < -0.39 is 54.4 Å². The molecule has 4 aromatic rings. The van der Waals surface area contributed by atoms with Gasteiger partial charge in [0.25, 0.3) is 5.69 Å². The molecule has 3 aliphatic rings. The summed E-state index contributed by atoms with van der Waals surface area (Å²) >= 11 is 13.3. The first-order valence-corrected chi connectivity index (χ1v) is 17.7. The molecule has 2 heterocycles. The van der Waals surface area contributed by atoms with Crippen LogP contribution in [0.4, 0.5) is 5.69 Å². The Labute approximate surface area is 307 Å². The van der Waals surface area contributed by atoms with E-state index in [1.165, 1.54) is 33.5 Å². The minimum atomic E-state index is -4.43. The van der Waals surface area contributed by atoms with Crippen LogP contribution in [0, 0.1) is 16.0 Å². The number of benzene rings is 4. The lowest BCUT2D eigenvalue weighted by atomic mass is 9.65. The van der Waals surface area contributed by atoms with Crippen molar-refractivity contribution in [2.75, 3.05) is 34.7 Å². The molecule has 0 saturated carbocycles. The number of cyclic esters (lactones) is 1. The van der Waals surface area contributed by atoms with Crippen molar-refractivity contribution < 1.29 is 55.5 Å². The largest absolute Gasteiger partial charge is 0.493 e. The minimum Gasteiger partial charge on any atom is -0.493 e. The van der Waals surface area contributed by atoms with Crippen LogP contribution in [0.25, 0.3) is 0 Å². The predicted molar refractivity (Wildman–Crippen MR) is 183 cm³/mol. The number of fused-ring (bicyclic) bond motifs is 3. The molecule has 17 heteroatoms. The van der Waals surface area contributed by atoms with Gasteiger partial charge < -0.3 is 37.3 Å². The van der Waals surface area contributed by atoms with Gasteiger partial charge in [-0.3, -0.25) is 14.9 Å². The summed E-state index contributed by atoms with van der Waals surface area (Å²) in [6.07, 6.45) is -0.760. The molecule has 2 aliphatic heterocycles. The van der Waals surface area contributed by atoms with Gasteiger partial charge in [-0.05, 0) is 70.8 Å². The molecule has 7 rings (SSSR count). The molecular formula is C35H29Cl2NO13S. The maximum atomic E-state index is 13.7. The molecule has 0 unspecified atom stereocenters. The molecule has 0 radical (unpaired) electrons. The molecule has 14 nitrogen and oxygen atoms in total. The van der Waals surface area contributed by atoms with E-state index in [1.54, 1.807) is 30.3 Å². The van der Waals surface area contributed by atoms with Crippen molar-refractivity contribution in [3.05, 3.63) is 104 Å². The maximum absolute atomic E-state index is 13.7. The lowest BCUT2D eigenvalue weighted by molar-refractivity contribution is -0.384. The van der Waals surface area contributed by atoms with Crippen molar-refractivity contribution in [3.8, 4) is 34.5 Å². The standard InChI is InChI=1S/C35H29Cl2NO13S/c1-44-29-10-19(11-30(45-2)33(29)46-3)31-22-13-27-28(50-17-49-27)14-23(22)32(24-16-48-34(39)35(24,31)37)47-15-18-4-6-20(7-5-18)51-52(42,43)21-8-9-25(36)26(12-21)38(40)41/h4-14,24,31-32H,15-17H2,1-3H3/t24-,31-,32+,35-/m1/s1. The fraction of sp³-hybridized carbons (Fsp3) is 0.286. The second kappa shape index (κ2) is 13.5. The third kappa shape index (κ3) is 5.96. The van der Waals surface area contributed by atoms with Gasteiger partial charge in [-0.15, -0.1) is 11.6 Å². The van der Waals surface area contributed by atoms with E-state index in [9.17, 15) is 23.3 Å². The van der Waals surface area contributed by atoms with Crippen LogP contribution in [0.3, 0.4) is 0 Å². The number of nitro groups is 1. The Morgan fingerprint density at radius 3 is 2.17 bits per heavy atom. The zero-order chi connectivity index (χ0) is 36.9. The summed E-state index contributed by atoms with van der Waals surface area (Å²) in [7, 11) is 0.0464. The van der Waals surface area contributed by atoms with Gasteiger partial charge in [0.2, 0.25) is 12.5 Å². The van der Waals surface area contributed by atoms with Crippen molar-refractivity contribution in [1.82, 2.24) is 0 Å². The van der Waals surface area contributed by atoms with E-state index in [4.69, 9.17) is 60.5 Å². The Balaban J connectivity index is 1.20. The number of esters is 1. The van der Waals surface area contributed by atoms with Gasteiger partial charge >= 0.3 is 16.1 Å². The van der Waals surface area contributed by atoms with E-state index in [1.807, 2.05) is 6.07 Å². The van der Waals surface area contributed by atoms with Gasteiger partial charge in [0.1, 0.15) is 15.7 Å². The lowest BCUT2D eigenvalue weighted by Crippen LogP contribution is -2.48. The topological polar surface area (TPSA) is 168 Å². The predicted octanol–water partition coefficient (Wildman–Crippen LogP) is 6.32. The van der Waals surface area contributed by atoms with E-state index >= 15 is 0 Å². The Morgan fingerprint density at radius 1 is 0.904 bits per heavy atom. The second-order valence-electron chi connectivity index (χ2n) is 12.0. The molecule has 4 atom stereocenters. The first-order valence-electron chi connectivity index (χ1n) is 15.6. The number of nitrogens with zero attached hydrogens (tertiary/aromatic N) is 1. The van der Waals surface area contributed by atoms with Crippen LogP contribution < -0.4 is 27.9 Å². The van der Waals surface area contributed by atoms with Gasteiger partial charge in [0.15, 0.2) is 27.9 Å². The summed E-state index contributed by atoms with van der Waals surface area (Å²) in [6, 6.07) is 16.2. The highest BCUT2D eigenvalue weighted by Crippen LogP contribution is 2.61. The molecule has 1 fully saturated rings. The van der Waals surface area contributed by atoms with Gasteiger partial charge in [0, 0.05) is 12.0 Å². The average Bonchev–Trinajstić information content (AvgIpc) is 3.71. The van der Waals surface area contributed by atoms with Crippen molar-refractivity contribution in [1.29, 1.82) is 0 Å². The summed E-state index contributed by atoms with van der Waals surface area (Å²) in [4.78, 5) is 22.1. The van der Waals surface area contributed by atoms with E-state index in [2.05, 4.69) is 0 Å². The lowest BCUT2D eigenvalue weighted by Gasteiger charge is -2.43. The third-order valence-corrected chi connectivity index (χ3v) is 11.4. The molecule has 4 aromatic carbocycles. The summed E-state index contributed by atoms with van der Waals surface area (Å²) in [5.41, 5.74) is 2.00. The molecule has 1 saturated heterocycles. The van der Waals surface area contributed by atoms with Gasteiger partial charge in [-0.25, -0.2) is 0 Å². The van der Waals surface area contributed by atoms with Gasteiger partial charge in [-0.2, -0.15) is 8.42 Å². The Hall–Kier alpha value is -4.96. The summed E-state index contributed by atoms with van der Waals surface area (Å²) in [5.74, 6) is -0.0266. The first kappa shape index (κ1) is 35.4. The highest BCUT2D eigenvalue weighted by Gasteiger charge is 2.64. The molecular weight excluding hydrogens is 745 g/mol. The number of nitro benzene ring substituents is 1. The van der Waals surface area contributed by atoms with Crippen molar-refractivity contribution in [2.24, 2.45) is 5.92 Å². The van der Waals surface area contributed by atoms with E-state index in [0.717, 1.165) is 18.2 Å². The molecule has 0 spiro atoms. The number of hydrogen-bond donors (Lipinski definition) is 0. The number of halogens is 2. The zero-order valence-electron chi connectivity index (χ0n) is 27.6. The maximum Gasteiger partial charge on any atom is 0.339 e. The van der Waals surface area contributed by atoms with Crippen LogP contribution in [0.15, 0.2) is 71.6 Å². The number of hydrogen-bond acceptors (Lipinski definition) is 13. The van der Waals surface area contributed by atoms with Crippen molar-refractivity contribution >= 4 is 45.0 Å². The van der Waals surface area contributed by atoms with Crippen LogP contribution in [-0.2, 0) is 31.0 Å². The van der Waals surface area contributed by atoms with Crippen molar-refractivity contribution in [2.45, 2.75) is 28.4 Å². The minimum absolute atomic E-state index is 0.00906. The van der Waals surface area contributed by atoms with Crippen LogP contribution in [0.2, 0.25) is 5.02 Å². The number of carbonyl (C=O) groups excluding carboxylic acids is 1. The number of methoxy groups -OCH3 is 3. The van der Waals surface area contributed by atoms with Crippen LogP contribution >= 0.6 is 23.2 Å². The number of rotatable bonds is 11. The quantitative estimate of drug-likeness (QED) is 0.0546. The Bertz CT molecular complexity index is 2170. The van der Waals surface area contributed by atoms with Gasteiger partial charge in [-0.1, -0.05) is 23.7 Å². The second-order valence-corrected chi connectivity index (χ2v) is 14.6. The fourth-order valence-corrected chi connectivity index (χ4v) is 8.40. The molecule has 52 heavy (non-hydrogen) atoms. The smallest absolute Gasteiger partial charge is 0.339 e.